The van der Waals surface area contributed by atoms with Crippen molar-refractivity contribution in [2.24, 2.45) is 0 Å². The summed E-state index contributed by atoms with van der Waals surface area (Å²) in [6, 6.07) is 0.458. The second-order valence-electron chi connectivity index (χ2n) is 11.6. The number of amides is 2. The number of fused-ring (bicyclic) bond motifs is 1. The Morgan fingerprint density at radius 2 is 1.63 bits per heavy atom. The molecule has 0 bridgehead atoms. The maximum Gasteiger partial charge on any atom is 0.427 e. The molecule has 2 heterocycles. The molecule has 1 atom stereocenters. The van der Waals surface area contributed by atoms with Gasteiger partial charge in [0.05, 0.1) is 27.7 Å². The summed E-state index contributed by atoms with van der Waals surface area (Å²) in [5.41, 5.74) is -0.929. The fourth-order valence-electron chi connectivity index (χ4n) is 4.42. The lowest BCUT2D eigenvalue weighted by Gasteiger charge is -2.24. The first-order chi connectivity index (χ1) is 17.6. The molecule has 13 heteroatoms. The largest absolute Gasteiger partial charge is 0.444 e. The number of hydrogen-bond donors (Lipinski definition) is 2. The smallest absolute Gasteiger partial charge is 0.427 e. The van der Waals surface area contributed by atoms with Gasteiger partial charge in [-0.1, -0.05) is 11.6 Å². The van der Waals surface area contributed by atoms with Gasteiger partial charge in [-0.25, -0.2) is 24.2 Å². The van der Waals surface area contributed by atoms with Gasteiger partial charge in [0.25, 0.3) is 5.56 Å². The average Bonchev–Trinajstić information content (AvgIpc) is 3.48. The van der Waals surface area contributed by atoms with Gasteiger partial charge in [0.15, 0.2) is 0 Å². The number of anilines is 1. The number of halogens is 2. The second-order valence-corrected chi connectivity index (χ2v) is 12.0. The molecule has 4 rings (SSSR count). The van der Waals surface area contributed by atoms with E-state index in [1.165, 1.54) is 4.57 Å². The summed E-state index contributed by atoms with van der Waals surface area (Å²) in [6.45, 7) is 10.8. The van der Waals surface area contributed by atoms with Crippen molar-refractivity contribution in [3.8, 4) is 0 Å². The van der Waals surface area contributed by atoms with Crippen LogP contribution in [-0.2, 0) is 9.47 Å². The van der Waals surface area contributed by atoms with Crippen molar-refractivity contribution in [1.82, 2.24) is 14.6 Å². The van der Waals surface area contributed by atoms with Crippen LogP contribution >= 0.6 is 11.6 Å². The number of carbonyl (C=O) groups is 2. The SMILES string of the molecule is CC(C)(C)OC(=O)NC1CCN(c2c(F)cc3c(=O)n(NC(=O)OC(C)(C)C)c(=O)n(C4CC4)c3c2Cl)C1. The Morgan fingerprint density at radius 3 is 2.21 bits per heavy atom. The van der Waals surface area contributed by atoms with Crippen molar-refractivity contribution >= 4 is 40.4 Å². The van der Waals surface area contributed by atoms with E-state index in [4.69, 9.17) is 21.1 Å². The molecule has 1 unspecified atom stereocenters. The molecule has 2 aromatic rings. The van der Waals surface area contributed by atoms with Crippen LogP contribution in [0.3, 0.4) is 0 Å². The van der Waals surface area contributed by atoms with Crippen LogP contribution in [0, 0.1) is 5.82 Å². The second kappa shape index (κ2) is 9.79. The van der Waals surface area contributed by atoms with Crippen LogP contribution in [0.1, 0.15) is 66.8 Å². The fourth-order valence-corrected chi connectivity index (χ4v) is 4.82. The van der Waals surface area contributed by atoms with E-state index in [1.54, 1.807) is 46.4 Å². The summed E-state index contributed by atoms with van der Waals surface area (Å²) in [4.78, 5) is 52.8. The molecule has 1 saturated carbocycles. The number of ether oxygens (including phenoxy) is 2. The van der Waals surface area contributed by atoms with Crippen LogP contribution in [-0.4, -0.2) is 51.8 Å². The number of carbonyl (C=O) groups excluding carboxylic acids is 2. The normalized spacial score (nSPS) is 18.0. The van der Waals surface area contributed by atoms with E-state index in [-0.39, 0.29) is 40.2 Å². The molecule has 0 spiro atoms. The zero-order valence-corrected chi connectivity index (χ0v) is 23.1. The Morgan fingerprint density at radius 1 is 1.03 bits per heavy atom. The molecule has 2 fully saturated rings. The Labute approximate surface area is 223 Å². The minimum atomic E-state index is -0.998. The lowest BCUT2D eigenvalue weighted by Crippen LogP contribution is -2.48. The predicted molar refractivity (Wildman–Crippen MR) is 141 cm³/mol. The van der Waals surface area contributed by atoms with Crippen molar-refractivity contribution in [2.45, 2.75) is 84.1 Å². The van der Waals surface area contributed by atoms with Crippen molar-refractivity contribution in [3.63, 3.8) is 0 Å². The van der Waals surface area contributed by atoms with Gasteiger partial charge in [-0.15, -0.1) is 0 Å². The number of nitrogens with one attached hydrogen (secondary N) is 2. The molecule has 2 N–H and O–H groups in total. The predicted octanol–water partition coefficient (Wildman–Crippen LogP) is 3.87. The van der Waals surface area contributed by atoms with Crippen LogP contribution in [0.15, 0.2) is 15.7 Å². The molecule has 2 amide bonds. The zero-order valence-electron chi connectivity index (χ0n) is 22.3. The number of rotatable bonds is 4. The lowest BCUT2D eigenvalue weighted by atomic mass is 10.2. The summed E-state index contributed by atoms with van der Waals surface area (Å²) in [5.74, 6) is -0.762. The number of hydrogen-bond acceptors (Lipinski definition) is 7. The molecule has 1 aromatic carbocycles. The number of aromatic nitrogens is 2. The number of nitrogens with zero attached hydrogens (tertiary/aromatic N) is 3. The Kier molecular flexibility index (Phi) is 7.15. The van der Waals surface area contributed by atoms with E-state index in [0.717, 1.165) is 6.07 Å². The van der Waals surface area contributed by atoms with Crippen LogP contribution in [0.4, 0.5) is 19.7 Å². The summed E-state index contributed by atoms with van der Waals surface area (Å²) in [7, 11) is 0. The topological polar surface area (TPSA) is 124 Å². The van der Waals surface area contributed by atoms with E-state index in [9.17, 15) is 19.2 Å². The van der Waals surface area contributed by atoms with Crippen molar-refractivity contribution in [3.05, 3.63) is 37.7 Å². The van der Waals surface area contributed by atoms with Crippen LogP contribution in [0.5, 0.6) is 0 Å². The number of benzene rings is 1. The molecule has 1 aromatic heterocycles. The van der Waals surface area contributed by atoms with E-state index in [2.05, 4.69) is 10.7 Å². The average molecular weight is 554 g/mol. The van der Waals surface area contributed by atoms with Gasteiger partial charge in [0.1, 0.15) is 17.0 Å². The molecule has 1 saturated heterocycles. The highest BCUT2D eigenvalue weighted by Crippen LogP contribution is 2.41. The van der Waals surface area contributed by atoms with Crippen LogP contribution in [0.2, 0.25) is 5.02 Å². The van der Waals surface area contributed by atoms with E-state index in [0.29, 0.717) is 30.5 Å². The third kappa shape index (κ3) is 5.90. The van der Waals surface area contributed by atoms with E-state index < -0.39 is 40.5 Å². The molecule has 38 heavy (non-hydrogen) atoms. The molecule has 1 aliphatic heterocycles. The van der Waals surface area contributed by atoms with Gasteiger partial charge in [-0.05, 0) is 66.9 Å². The molecular formula is C25H33ClFN5O6. The molecule has 2 aliphatic rings. The Bertz CT molecular complexity index is 1400. The van der Waals surface area contributed by atoms with Gasteiger partial charge in [-0.3, -0.25) is 9.36 Å². The summed E-state index contributed by atoms with van der Waals surface area (Å²) in [5, 5.41) is 2.55. The molecule has 208 valence electrons. The Balaban J connectivity index is 1.72. The van der Waals surface area contributed by atoms with Crippen molar-refractivity contribution in [2.75, 3.05) is 23.4 Å². The highest BCUT2D eigenvalue weighted by molar-refractivity contribution is 6.38. The third-order valence-electron chi connectivity index (χ3n) is 5.98. The van der Waals surface area contributed by atoms with Crippen LogP contribution < -0.4 is 26.9 Å². The van der Waals surface area contributed by atoms with Gasteiger partial charge in [0.2, 0.25) is 0 Å². The van der Waals surface area contributed by atoms with Gasteiger partial charge in [-0.2, -0.15) is 4.68 Å². The summed E-state index contributed by atoms with van der Waals surface area (Å²) < 4.78 is 27.8. The maximum atomic E-state index is 15.5. The molecular weight excluding hydrogens is 521 g/mol. The standard InChI is InChI=1S/C25H33ClFN5O6/c1-24(2,3)37-21(34)28-13-9-10-30(12-13)19-16(27)11-15-18(17(19)26)31(14-7-8-14)23(36)32(20(15)33)29-22(35)38-25(4,5)6/h11,13-14H,7-10,12H2,1-6H3,(H,28,34)(H,29,35). The Hall–Kier alpha value is -3.28. The minimum Gasteiger partial charge on any atom is -0.444 e. The van der Waals surface area contributed by atoms with Crippen molar-refractivity contribution < 1.29 is 23.5 Å². The first kappa shape index (κ1) is 27.7. The minimum absolute atomic E-state index is 0.0405. The van der Waals surface area contributed by atoms with E-state index >= 15 is 4.39 Å². The molecule has 1 aliphatic carbocycles. The van der Waals surface area contributed by atoms with Gasteiger partial charge >= 0.3 is 17.9 Å². The maximum absolute atomic E-state index is 15.5. The summed E-state index contributed by atoms with van der Waals surface area (Å²) >= 11 is 6.72. The quantitative estimate of drug-likeness (QED) is 0.589. The third-order valence-corrected chi connectivity index (χ3v) is 6.34. The molecule has 0 radical (unpaired) electrons. The highest BCUT2D eigenvalue weighted by atomic mass is 35.5. The monoisotopic (exact) mass is 553 g/mol. The fraction of sp³-hybridized carbons (Fsp3) is 0.600. The van der Waals surface area contributed by atoms with Crippen LogP contribution in [0.25, 0.3) is 10.9 Å². The van der Waals surface area contributed by atoms with E-state index in [1.807, 2.05) is 0 Å². The number of alkyl carbamates (subject to hydrolysis) is 1. The first-order valence-corrected chi connectivity index (χ1v) is 12.9. The lowest BCUT2D eigenvalue weighted by molar-refractivity contribution is 0.0507. The van der Waals surface area contributed by atoms with Gasteiger partial charge in [0, 0.05) is 19.1 Å². The highest BCUT2D eigenvalue weighted by Gasteiger charge is 2.34. The molecule has 11 nitrogen and oxygen atoms in total. The van der Waals surface area contributed by atoms with Gasteiger partial charge < -0.3 is 19.7 Å². The summed E-state index contributed by atoms with van der Waals surface area (Å²) in [6.07, 6.45) is 0.268. The first-order valence-electron chi connectivity index (χ1n) is 12.5. The zero-order chi connectivity index (χ0) is 28.2. The van der Waals surface area contributed by atoms with Crippen molar-refractivity contribution in [1.29, 1.82) is 0 Å².